The van der Waals surface area contributed by atoms with Gasteiger partial charge in [-0.2, -0.15) is 0 Å². The lowest BCUT2D eigenvalue weighted by Crippen LogP contribution is -2.33. The number of anilines is 1. The molecule has 5 nitrogen and oxygen atoms in total. The van der Waals surface area contributed by atoms with Crippen LogP contribution in [-0.2, 0) is 4.79 Å². The first kappa shape index (κ1) is 10.9. The minimum Gasteiger partial charge on any atom is -0.480 e. The molecule has 0 bridgehead atoms. The zero-order valence-electron chi connectivity index (χ0n) is 9.47. The fraction of sp³-hybridized carbons (Fsp3) is 0.545. The van der Waals surface area contributed by atoms with Gasteiger partial charge in [-0.05, 0) is 32.3 Å². The molecule has 16 heavy (non-hydrogen) atoms. The van der Waals surface area contributed by atoms with Crippen LogP contribution in [0.5, 0.6) is 0 Å². The van der Waals surface area contributed by atoms with Crippen molar-refractivity contribution in [3.63, 3.8) is 0 Å². The van der Waals surface area contributed by atoms with Crippen LogP contribution in [0.4, 0.5) is 5.95 Å². The molecule has 1 aliphatic rings. The molecule has 0 aromatic carbocycles. The topological polar surface area (TPSA) is 66.3 Å². The van der Waals surface area contributed by atoms with E-state index in [0.29, 0.717) is 12.0 Å². The summed E-state index contributed by atoms with van der Waals surface area (Å²) >= 11 is 0. The van der Waals surface area contributed by atoms with Crippen molar-refractivity contribution in [2.45, 2.75) is 32.7 Å². The first-order valence-electron chi connectivity index (χ1n) is 5.36. The molecule has 1 fully saturated rings. The molecular weight excluding hydrogens is 206 g/mol. The van der Waals surface area contributed by atoms with Crippen molar-refractivity contribution in [2.75, 3.05) is 11.4 Å². The first-order chi connectivity index (χ1) is 7.58. The highest BCUT2D eigenvalue weighted by atomic mass is 16.4. The maximum Gasteiger partial charge on any atom is 0.323 e. The van der Waals surface area contributed by atoms with Gasteiger partial charge in [0.1, 0.15) is 6.54 Å². The van der Waals surface area contributed by atoms with Gasteiger partial charge in [0.15, 0.2) is 0 Å². The molecule has 1 N–H and O–H groups in total. The van der Waals surface area contributed by atoms with Crippen molar-refractivity contribution in [3.8, 4) is 0 Å². The second kappa shape index (κ2) is 4.08. The highest BCUT2D eigenvalue weighted by molar-refractivity contribution is 5.73. The van der Waals surface area contributed by atoms with Gasteiger partial charge in [0.25, 0.3) is 0 Å². The van der Waals surface area contributed by atoms with Gasteiger partial charge in [0, 0.05) is 17.9 Å². The molecule has 0 unspecified atom stereocenters. The van der Waals surface area contributed by atoms with Crippen molar-refractivity contribution in [1.82, 2.24) is 9.97 Å². The van der Waals surface area contributed by atoms with Gasteiger partial charge in [-0.1, -0.05) is 0 Å². The zero-order chi connectivity index (χ0) is 11.7. The number of hydrogen-bond acceptors (Lipinski definition) is 4. The average Bonchev–Trinajstić information content (AvgIpc) is 3.02. The van der Waals surface area contributed by atoms with Crippen molar-refractivity contribution < 1.29 is 9.90 Å². The van der Waals surface area contributed by atoms with Gasteiger partial charge in [-0.15, -0.1) is 0 Å². The van der Waals surface area contributed by atoms with Gasteiger partial charge in [-0.3, -0.25) is 4.79 Å². The van der Waals surface area contributed by atoms with Gasteiger partial charge in [-0.25, -0.2) is 9.97 Å². The average molecular weight is 221 g/mol. The Morgan fingerprint density at radius 3 is 2.75 bits per heavy atom. The predicted molar refractivity (Wildman–Crippen MR) is 59.5 cm³/mol. The number of nitrogens with zero attached hydrogens (tertiary/aromatic N) is 3. The molecule has 1 aromatic heterocycles. The van der Waals surface area contributed by atoms with E-state index in [1.54, 1.807) is 11.1 Å². The Bertz CT molecular complexity index is 416. The Labute approximate surface area is 94.1 Å². The standard InChI is InChI=1S/C11H15N3O2/c1-7-5-12-11(13-8(7)2)14(6-10(15)16)9-3-4-9/h5,9H,3-4,6H2,1-2H3,(H,15,16). The Balaban J connectivity index is 2.24. The summed E-state index contributed by atoms with van der Waals surface area (Å²) in [6, 6.07) is 0.304. The maximum absolute atomic E-state index is 10.8. The monoisotopic (exact) mass is 221 g/mol. The lowest BCUT2D eigenvalue weighted by molar-refractivity contribution is -0.135. The summed E-state index contributed by atoms with van der Waals surface area (Å²) in [4.78, 5) is 21.1. The molecule has 0 atom stereocenters. The van der Waals surface area contributed by atoms with E-state index >= 15 is 0 Å². The smallest absolute Gasteiger partial charge is 0.323 e. The van der Waals surface area contributed by atoms with Crippen LogP contribution < -0.4 is 4.90 Å². The molecule has 86 valence electrons. The van der Waals surface area contributed by atoms with E-state index < -0.39 is 5.97 Å². The van der Waals surface area contributed by atoms with Crippen LogP contribution in [0.1, 0.15) is 24.1 Å². The summed E-state index contributed by atoms with van der Waals surface area (Å²) in [5.41, 5.74) is 1.93. The summed E-state index contributed by atoms with van der Waals surface area (Å²) in [7, 11) is 0. The van der Waals surface area contributed by atoms with Crippen molar-refractivity contribution in [3.05, 3.63) is 17.5 Å². The number of aryl methyl sites for hydroxylation is 2. The first-order valence-corrected chi connectivity index (χ1v) is 5.36. The molecule has 0 aliphatic heterocycles. The molecule has 0 spiro atoms. The fourth-order valence-electron chi connectivity index (χ4n) is 1.55. The van der Waals surface area contributed by atoms with Crippen LogP contribution in [0.2, 0.25) is 0 Å². The highest BCUT2D eigenvalue weighted by Gasteiger charge is 2.32. The molecule has 1 aliphatic carbocycles. The van der Waals surface area contributed by atoms with Crippen LogP contribution in [-0.4, -0.2) is 33.6 Å². The molecule has 2 rings (SSSR count). The third-order valence-electron chi connectivity index (χ3n) is 2.76. The number of aromatic nitrogens is 2. The Morgan fingerprint density at radius 2 is 2.25 bits per heavy atom. The van der Waals surface area contributed by atoms with Gasteiger partial charge in [0.2, 0.25) is 5.95 Å². The normalized spacial score (nSPS) is 14.9. The molecule has 5 heteroatoms. The van der Waals surface area contributed by atoms with Crippen molar-refractivity contribution in [1.29, 1.82) is 0 Å². The molecule has 0 amide bonds. The van der Waals surface area contributed by atoms with E-state index in [4.69, 9.17) is 5.11 Å². The number of carbonyl (C=O) groups is 1. The van der Waals surface area contributed by atoms with E-state index in [1.165, 1.54) is 0 Å². The van der Waals surface area contributed by atoms with E-state index in [-0.39, 0.29) is 6.54 Å². The van der Waals surface area contributed by atoms with Crippen molar-refractivity contribution >= 4 is 11.9 Å². The molecule has 0 radical (unpaired) electrons. The zero-order valence-corrected chi connectivity index (χ0v) is 9.47. The number of aliphatic carboxylic acids is 1. The highest BCUT2D eigenvalue weighted by Crippen LogP contribution is 2.29. The van der Waals surface area contributed by atoms with Crippen LogP contribution >= 0.6 is 0 Å². The van der Waals surface area contributed by atoms with Crippen LogP contribution in [0, 0.1) is 13.8 Å². The van der Waals surface area contributed by atoms with Gasteiger partial charge >= 0.3 is 5.97 Å². The number of carboxylic acid groups (broad SMARTS) is 1. The molecular formula is C11H15N3O2. The van der Waals surface area contributed by atoms with Gasteiger partial charge < -0.3 is 10.0 Å². The molecule has 1 aromatic rings. The Hall–Kier alpha value is -1.65. The third kappa shape index (κ3) is 2.29. The Kier molecular flexibility index (Phi) is 2.77. The molecule has 1 saturated carbocycles. The minimum absolute atomic E-state index is 0.0207. The van der Waals surface area contributed by atoms with E-state index in [9.17, 15) is 4.79 Å². The minimum atomic E-state index is -0.839. The summed E-state index contributed by atoms with van der Waals surface area (Å²) in [5.74, 6) is -0.304. The predicted octanol–water partition coefficient (Wildman–Crippen LogP) is 1.15. The largest absolute Gasteiger partial charge is 0.480 e. The molecule has 0 saturated heterocycles. The second-order valence-corrected chi connectivity index (χ2v) is 4.19. The van der Waals surface area contributed by atoms with Crippen LogP contribution in [0.3, 0.4) is 0 Å². The van der Waals surface area contributed by atoms with E-state index in [0.717, 1.165) is 24.1 Å². The summed E-state index contributed by atoms with van der Waals surface area (Å²) < 4.78 is 0. The van der Waals surface area contributed by atoms with Crippen LogP contribution in [0.15, 0.2) is 6.20 Å². The molecule has 1 heterocycles. The summed E-state index contributed by atoms with van der Waals surface area (Å²) in [6.07, 6.45) is 3.81. The van der Waals surface area contributed by atoms with Gasteiger partial charge in [0.05, 0.1) is 0 Å². The Morgan fingerprint density at radius 1 is 1.56 bits per heavy atom. The summed E-state index contributed by atoms with van der Waals surface area (Å²) in [5, 5.41) is 8.85. The maximum atomic E-state index is 10.8. The quantitative estimate of drug-likeness (QED) is 0.826. The van der Waals surface area contributed by atoms with E-state index in [1.807, 2.05) is 13.8 Å². The van der Waals surface area contributed by atoms with Crippen molar-refractivity contribution in [2.24, 2.45) is 0 Å². The second-order valence-electron chi connectivity index (χ2n) is 4.19. The van der Waals surface area contributed by atoms with E-state index in [2.05, 4.69) is 9.97 Å². The lowest BCUT2D eigenvalue weighted by atomic mass is 10.3. The summed E-state index contributed by atoms with van der Waals surface area (Å²) in [6.45, 7) is 3.83. The number of hydrogen-bond donors (Lipinski definition) is 1. The fourth-order valence-corrected chi connectivity index (χ4v) is 1.55. The lowest BCUT2D eigenvalue weighted by Gasteiger charge is -2.20. The number of carboxylic acids is 1. The SMILES string of the molecule is Cc1cnc(N(CC(=O)O)C2CC2)nc1C. The third-order valence-corrected chi connectivity index (χ3v) is 2.76. The number of rotatable bonds is 4. The van der Waals surface area contributed by atoms with Crippen LogP contribution in [0.25, 0.3) is 0 Å².